The lowest BCUT2D eigenvalue weighted by Gasteiger charge is -2.24. The molecule has 9 nitrogen and oxygen atoms in total. The maximum atomic E-state index is 12.7. The highest BCUT2D eigenvalue weighted by atomic mass is 31.2. The van der Waals surface area contributed by atoms with Gasteiger partial charge in [-0.3, -0.25) is 18.6 Å². The standard InChI is InChI=1S/C52H84NO8P/c1-6-8-10-12-14-16-18-20-22-24-25-26-27-29-31-33-35-37-39-41-43-45-52(55)61-50(49-60-62(56,57)59-47-46-53(3,4)5)48-58-51(54)44-42-40-38-36-34-32-30-28-23-21-19-17-15-13-11-9-7-2/h8-11,14-17,20-23,25-26,29-32,36,38,50H,6-7,12-13,18-19,24,27-28,33-35,37,39-49H2,1-5H3/p+1/b10-8-,11-9-,16-14-,17-15-,22-20-,23-21-,26-25-,31-29-,32-30-,38-36-. The van der Waals surface area contributed by atoms with E-state index < -0.39 is 32.5 Å². The van der Waals surface area contributed by atoms with E-state index in [4.69, 9.17) is 18.5 Å². The van der Waals surface area contributed by atoms with Crippen molar-refractivity contribution < 1.29 is 42.1 Å². The Labute approximate surface area is 378 Å². The monoisotopic (exact) mass is 883 g/mol. The summed E-state index contributed by atoms with van der Waals surface area (Å²) in [5.41, 5.74) is 0. The lowest BCUT2D eigenvalue weighted by molar-refractivity contribution is -0.870. The minimum absolute atomic E-state index is 0.0108. The predicted octanol–water partition coefficient (Wildman–Crippen LogP) is 13.7. The molecule has 0 aromatic rings. The van der Waals surface area contributed by atoms with Gasteiger partial charge in [-0.2, -0.15) is 0 Å². The average molecular weight is 883 g/mol. The third kappa shape index (κ3) is 45.9. The Kier molecular flexibility index (Phi) is 40.2. The van der Waals surface area contributed by atoms with Crippen LogP contribution in [0, 0.1) is 0 Å². The number of ether oxygens (including phenoxy) is 2. The van der Waals surface area contributed by atoms with Crippen molar-refractivity contribution in [3.05, 3.63) is 122 Å². The first-order valence-corrected chi connectivity index (χ1v) is 24.8. The van der Waals surface area contributed by atoms with Gasteiger partial charge in [-0.25, -0.2) is 4.57 Å². The fourth-order valence-corrected chi connectivity index (χ4v) is 6.17. The van der Waals surface area contributed by atoms with E-state index >= 15 is 0 Å². The van der Waals surface area contributed by atoms with Gasteiger partial charge in [0.25, 0.3) is 0 Å². The van der Waals surface area contributed by atoms with Crippen LogP contribution in [0.15, 0.2) is 122 Å². The maximum Gasteiger partial charge on any atom is 0.472 e. The SMILES string of the molecule is CC/C=C\C/C=C\C/C=C\C/C=C\C/C=C\CCCCCCCC(=O)OC(COC(=O)CCC/C=C\C/C=C\C/C=C\C/C=C\C/C=C\CC)COP(=O)(O)OCC[N+](C)(C)C. The van der Waals surface area contributed by atoms with Crippen molar-refractivity contribution in [2.75, 3.05) is 47.5 Å². The number of hydrogen-bond donors (Lipinski definition) is 1. The topological polar surface area (TPSA) is 108 Å². The molecule has 0 aromatic carbocycles. The number of unbranched alkanes of at least 4 members (excludes halogenated alkanes) is 6. The number of nitrogens with zero attached hydrogens (tertiary/aromatic N) is 1. The van der Waals surface area contributed by atoms with Crippen LogP contribution in [0.4, 0.5) is 0 Å². The molecule has 0 saturated carbocycles. The predicted molar refractivity (Wildman–Crippen MR) is 261 cm³/mol. The van der Waals surface area contributed by atoms with E-state index in [0.717, 1.165) is 103 Å². The molecule has 0 aromatic heterocycles. The molecule has 0 amide bonds. The van der Waals surface area contributed by atoms with E-state index in [-0.39, 0.29) is 26.1 Å². The summed E-state index contributed by atoms with van der Waals surface area (Å²) in [4.78, 5) is 35.4. The molecule has 0 rings (SSSR count). The largest absolute Gasteiger partial charge is 0.472 e. The van der Waals surface area contributed by atoms with E-state index in [1.807, 2.05) is 27.2 Å². The Morgan fingerprint density at radius 2 is 0.887 bits per heavy atom. The van der Waals surface area contributed by atoms with Crippen molar-refractivity contribution in [1.82, 2.24) is 0 Å². The molecule has 0 fully saturated rings. The first-order valence-electron chi connectivity index (χ1n) is 23.3. The summed E-state index contributed by atoms with van der Waals surface area (Å²) in [6.45, 7) is 4.07. The Morgan fingerprint density at radius 1 is 0.500 bits per heavy atom. The minimum Gasteiger partial charge on any atom is -0.462 e. The van der Waals surface area contributed by atoms with Crippen molar-refractivity contribution in [3.8, 4) is 0 Å². The molecule has 0 bridgehead atoms. The molecular formula is C52H85NO8P+. The van der Waals surface area contributed by atoms with Gasteiger partial charge in [-0.05, 0) is 96.3 Å². The Hall–Kier alpha value is -3.59. The first kappa shape index (κ1) is 58.4. The second-order valence-corrected chi connectivity index (χ2v) is 17.5. The summed E-state index contributed by atoms with van der Waals surface area (Å²) in [6.07, 6.45) is 59.7. The van der Waals surface area contributed by atoms with Crippen LogP contribution in [0.5, 0.6) is 0 Å². The van der Waals surface area contributed by atoms with Gasteiger partial charge >= 0.3 is 19.8 Å². The van der Waals surface area contributed by atoms with Crippen LogP contribution in [-0.4, -0.2) is 74.9 Å². The molecule has 1 N–H and O–H groups in total. The smallest absolute Gasteiger partial charge is 0.462 e. The normalized spacial score (nSPS) is 14.6. The van der Waals surface area contributed by atoms with E-state index in [1.54, 1.807) is 0 Å². The summed E-state index contributed by atoms with van der Waals surface area (Å²) < 4.78 is 34.3. The Balaban J connectivity index is 4.48. The van der Waals surface area contributed by atoms with Gasteiger partial charge in [0.1, 0.15) is 19.8 Å². The lowest BCUT2D eigenvalue weighted by atomic mass is 10.1. The van der Waals surface area contributed by atoms with Gasteiger partial charge < -0.3 is 18.9 Å². The second kappa shape index (κ2) is 42.7. The molecule has 0 radical (unpaired) electrons. The maximum absolute atomic E-state index is 12.7. The fraction of sp³-hybridized carbons (Fsp3) is 0.577. The Bertz CT molecular complexity index is 1460. The number of carbonyl (C=O) groups excluding carboxylic acids is 2. The number of quaternary nitrogens is 1. The van der Waals surface area contributed by atoms with Crippen molar-refractivity contribution in [1.29, 1.82) is 0 Å². The van der Waals surface area contributed by atoms with Gasteiger partial charge in [0.05, 0.1) is 27.7 Å². The fourth-order valence-electron chi connectivity index (χ4n) is 5.43. The van der Waals surface area contributed by atoms with Crippen molar-refractivity contribution in [2.45, 2.75) is 148 Å². The van der Waals surface area contributed by atoms with E-state index in [1.165, 1.54) is 0 Å². The first-order chi connectivity index (χ1) is 30.0. The summed E-state index contributed by atoms with van der Waals surface area (Å²) in [6, 6.07) is 0. The zero-order valence-corrected chi connectivity index (χ0v) is 40.2. The van der Waals surface area contributed by atoms with Crippen molar-refractivity contribution >= 4 is 19.8 Å². The number of likely N-dealkylation sites (N-methyl/N-ethyl adjacent to an activating group) is 1. The molecule has 10 heteroatoms. The molecule has 2 unspecified atom stereocenters. The molecule has 0 saturated heterocycles. The summed E-state index contributed by atoms with van der Waals surface area (Å²) in [5.74, 6) is -0.903. The number of hydrogen-bond acceptors (Lipinski definition) is 7. The summed E-state index contributed by atoms with van der Waals surface area (Å²) in [5, 5.41) is 0. The van der Waals surface area contributed by atoms with Gasteiger partial charge in [0, 0.05) is 12.8 Å². The molecule has 2 atom stereocenters. The number of rotatable bonds is 40. The molecule has 0 aliphatic heterocycles. The second-order valence-electron chi connectivity index (χ2n) is 16.0. The molecule has 350 valence electrons. The van der Waals surface area contributed by atoms with Crippen LogP contribution in [0.2, 0.25) is 0 Å². The van der Waals surface area contributed by atoms with Gasteiger partial charge in [-0.15, -0.1) is 0 Å². The Morgan fingerprint density at radius 3 is 1.34 bits per heavy atom. The van der Waals surface area contributed by atoms with Crippen LogP contribution in [0.25, 0.3) is 0 Å². The number of carbonyl (C=O) groups is 2. The van der Waals surface area contributed by atoms with Crippen LogP contribution >= 0.6 is 7.82 Å². The van der Waals surface area contributed by atoms with E-state index in [0.29, 0.717) is 23.9 Å². The van der Waals surface area contributed by atoms with Gasteiger partial charge in [0.2, 0.25) is 0 Å². The van der Waals surface area contributed by atoms with Gasteiger partial charge in [-0.1, -0.05) is 155 Å². The van der Waals surface area contributed by atoms with Crippen LogP contribution < -0.4 is 0 Å². The highest BCUT2D eigenvalue weighted by Crippen LogP contribution is 2.43. The number of phosphoric ester groups is 1. The quantitative estimate of drug-likeness (QED) is 0.0213. The zero-order valence-electron chi connectivity index (χ0n) is 39.3. The highest BCUT2D eigenvalue weighted by molar-refractivity contribution is 7.47. The average Bonchev–Trinajstić information content (AvgIpc) is 3.23. The number of esters is 2. The molecule has 0 spiro atoms. The zero-order chi connectivity index (χ0) is 45.7. The van der Waals surface area contributed by atoms with E-state index in [9.17, 15) is 19.0 Å². The molecule has 0 aliphatic carbocycles. The van der Waals surface area contributed by atoms with Crippen molar-refractivity contribution in [2.24, 2.45) is 0 Å². The summed E-state index contributed by atoms with van der Waals surface area (Å²) in [7, 11) is 1.41. The van der Waals surface area contributed by atoms with E-state index in [2.05, 4.69) is 129 Å². The molecular weight excluding hydrogens is 798 g/mol. The van der Waals surface area contributed by atoms with Crippen molar-refractivity contribution in [3.63, 3.8) is 0 Å². The minimum atomic E-state index is -4.41. The summed E-state index contributed by atoms with van der Waals surface area (Å²) >= 11 is 0. The third-order valence-electron chi connectivity index (χ3n) is 8.99. The van der Waals surface area contributed by atoms with Crippen LogP contribution in [0.3, 0.4) is 0 Å². The van der Waals surface area contributed by atoms with Gasteiger partial charge in [0.15, 0.2) is 6.10 Å². The third-order valence-corrected chi connectivity index (χ3v) is 9.97. The van der Waals surface area contributed by atoms with Crippen LogP contribution in [-0.2, 0) is 32.7 Å². The lowest BCUT2D eigenvalue weighted by Crippen LogP contribution is -2.37. The molecule has 0 aliphatic rings. The number of allylic oxidation sites excluding steroid dienone is 20. The molecule has 0 heterocycles. The number of phosphoric acid groups is 1. The molecule has 62 heavy (non-hydrogen) atoms. The van der Waals surface area contributed by atoms with Crippen LogP contribution in [0.1, 0.15) is 142 Å². The highest BCUT2D eigenvalue weighted by Gasteiger charge is 2.27.